The van der Waals surface area contributed by atoms with Gasteiger partial charge in [-0.15, -0.1) is 16.8 Å². The number of carbonyl (C=O) groups is 1. The molecule has 0 spiro atoms. The number of benzene rings is 2. The van der Waals surface area contributed by atoms with Gasteiger partial charge in [-0.25, -0.2) is 0 Å². The summed E-state index contributed by atoms with van der Waals surface area (Å²) in [6.45, 7) is 6.27. The third-order valence-corrected chi connectivity index (χ3v) is 5.67. The molecule has 0 aliphatic rings. The maximum atomic E-state index is 12.6. The molecule has 0 atom stereocenters. The Hall–Kier alpha value is -2.64. The van der Waals surface area contributed by atoms with Crippen molar-refractivity contribution in [3.8, 4) is 0 Å². The van der Waals surface area contributed by atoms with Crippen LogP contribution in [0.3, 0.4) is 0 Å². The van der Waals surface area contributed by atoms with E-state index in [1.54, 1.807) is 11.0 Å². The van der Waals surface area contributed by atoms with Gasteiger partial charge in [-0.1, -0.05) is 65.1 Å². The summed E-state index contributed by atoms with van der Waals surface area (Å²) < 4.78 is 0.754. The zero-order chi connectivity index (χ0) is 19.1. The van der Waals surface area contributed by atoms with Crippen molar-refractivity contribution in [3.05, 3.63) is 72.8 Å². The molecule has 0 aliphatic heterocycles. The van der Waals surface area contributed by atoms with Gasteiger partial charge in [0.25, 0.3) is 0 Å². The fraction of sp³-hybridized carbons (Fsp3) is 0.150. The molecule has 1 aromatic heterocycles. The Kier molecular flexibility index (Phi) is 6.62. The lowest BCUT2D eigenvalue weighted by atomic mass is 10.2. The van der Waals surface area contributed by atoms with Crippen LogP contribution in [0.25, 0.3) is 0 Å². The number of rotatable bonds is 8. The van der Waals surface area contributed by atoms with E-state index in [1.807, 2.05) is 61.5 Å². The quantitative estimate of drug-likeness (QED) is 0.433. The highest BCUT2D eigenvalue weighted by Crippen LogP contribution is 2.28. The van der Waals surface area contributed by atoms with Gasteiger partial charge in [0.05, 0.1) is 5.75 Å². The van der Waals surface area contributed by atoms with E-state index in [2.05, 4.69) is 22.1 Å². The van der Waals surface area contributed by atoms with Gasteiger partial charge in [0.2, 0.25) is 11.0 Å². The van der Waals surface area contributed by atoms with Crippen LogP contribution in [0.15, 0.2) is 71.6 Å². The van der Waals surface area contributed by atoms with Crippen molar-refractivity contribution >= 4 is 45.5 Å². The molecule has 0 fully saturated rings. The van der Waals surface area contributed by atoms with Gasteiger partial charge in [0.15, 0.2) is 4.34 Å². The van der Waals surface area contributed by atoms with Gasteiger partial charge < -0.3 is 10.2 Å². The average molecular weight is 397 g/mol. The van der Waals surface area contributed by atoms with E-state index in [-0.39, 0.29) is 5.91 Å². The molecule has 27 heavy (non-hydrogen) atoms. The van der Waals surface area contributed by atoms with Crippen molar-refractivity contribution < 1.29 is 4.79 Å². The molecule has 2 aromatic carbocycles. The topological polar surface area (TPSA) is 58.1 Å². The molecule has 1 amide bonds. The number of hydrogen-bond acceptors (Lipinski definition) is 6. The van der Waals surface area contributed by atoms with Crippen LogP contribution in [0.2, 0.25) is 0 Å². The lowest BCUT2D eigenvalue weighted by Crippen LogP contribution is -2.32. The van der Waals surface area contributed by atoms with E-state index in [4.69, 9.17) is 0 Å². The number of carbonyl (C=O) groups excluding carboxylic acids is 1. The van der Waals surface area contributed by atoms with Gasteiger partial charge in [0, 0.05) is 17.9 Å². The summed E-state index contributed by atoms with van der Waals surface area (Å²) in [5, 5.41) is 12.2. The molecule has 0 radical (unpaired) electrons. The Morgan fingerprint density at radius 3 is 2.63 bits per heavy atom. The summed E-state index contributed by atoms with van der Waals surface area (Å²) >= 11 is 2.82. The molecule has 138 valence electrons. The monoisotopic (exact) mass is 396 g/mol. The number of hydrogen-bond donors (Lipinski definition) is 1. The second-order valence-corrected chi connectivity index (χ2v) is 7.98. The highest BCUT2D eigenvalue weighted by Gasteiger charge is 2.16. The third kappa shape index (κ3) is 5.42. The molecule has 0 saturated carbocycles. The van der Waals surface area contributed by atoms with Gasteiger partial charge in [-0.2, -0.15) is 0 Å². The van der Waals surface area contributed by atoms with Crippen molar-refractivity contribution in [1.29, 1.82) is 0 Å². The van der Waals surface area contributed by atoms with Crippen molar-refractivity contribution in [2.75, 3.05) is 22.5 Å². The number of anilines is 3. The van der Waals surface area contributed by atoms with Crippen molar-refractivity contribution in [3.63, 3.8) is 0 Å². The Labute approximate surface area is 167 Å². The minimum absolute atomic E-state index is 0.00865. The Morgan fingerprint density at radius 2 is 1.93 bits per heavy atom. The van der Waals surface area contributed by atoms with Crippen molar-refractivity contribution in [1.82, 2.24) is 10.2 Å². The number of aryl methyl sites for hydroxylation is 1. The first-order valence-electron chi connectivity index (χ1n) is 8.42. The zero-order valence-electron chi connectivity index (χ0n) is 15.0. The van der Waals surface area contributed by atoms with E-state index in [9.17, 15) is 4.79 Å². The number of para-hydroxylation sites is 1. The summed E-state index contributed by atoms with van der Waals surface area (Å²) in [5.41, 5.74) is 3.03. The Balaban J connectivity index is 1.59. The first-order chi connectivity index (χ1) is 13.2. The second-order valence-electron chi connectivity index (χ2n) is 5.78. The van der Waals surface area contributed by atoms with Crippen LogP contribution in [0.4, 0.5) is 16.5 Å². The van der Waals surface area contributed by atoms with E-state index in [1.165, 1.54) is 28.7 Å². The molecular weight excluding hydrogens is 376 g/mol. The van der Waals surface area contributed by atoms with Gasteiger partial charge in [-0.3, -0.25) is 4.79 Å². The minimum Gasteiger partial charge on any atom is -0.330 e. The standard InChI is InChI=1S/C20H20N4OS2/c1-3-13-24(17-7-5-4-6-8-17)18(25)14-26-20-23-22-19(27-20)21-16-11-9-15(2)10-12-16/h3-12H,1,13-14H2,2H3,(H,21,22). The summed E-state index contributed by atoms with van der Waals surface area (Å²) in [6, 6.07) is 17.7. The summed E-state index contributed by atoms with van der Waals surface area (Å²) in [4.78, 5) is 14.3. The van der Waals surface area contributed by atoms with E-state index in [0.717, 1.165) is 15.7 Å². The van der Waals surface area contributed by atoms with Crippen molar-refractivity contribution in [2.45, 2.75) is 11.3 Å². The fourth-order valence-electron chi connectivity index (χ4n) is 2.37. The van der Waals surface area contributed by atoms with Gasteiger partial charge in [-0.05, 0) is 31.2 Å². The number of nitrogens with zero attached hydrogens (tertiary/aromatic N) is 3. The average Bonchev–Trinajstić information content (AvgIpc) is 3.14. The molecule has 0 saturated heterocycles. The summed E-state index contributed by atoms with van der Waals surface area (Å²) in [7, 11) is 0. The summed E-state index contributed by atoms with van der Waals surface area (Å²) in [6.07, 6.45) is 1.73. The van der Waals surface area contributed by atoms with Crippen molar-refractivity contribution in [2.24, 2.45) is 0 Å². The molecule has 0 bridgehead atoms. The zero-order valence-corrected chi connectivity index (χ0v) is 16.6. The van der Waals surface area contributed by atoms with Crippen LogP contribution < -0.4 is 10.2 Å². The van der Waals surface area contributed by atoms with Gasteiger partial charge >= 0.3 is 0 Å². The van der Waals surface area contributed by atoms with E-state index >= 15 is 0 Å². The lowest BCUT2D eigenvalue weighted by molar-refractivity contribution is -0.116. The molecule has 5 nitrogen and oxygen atoms in total. The molecule has 1 N–H and O–H groups in total. The highest BCUT2D eigenvalue weighted by atomic mass is 32.2. The molecule has 3 aromatic rings. The van der Waals surface area contributed by atoms with E-state index < -0.39 is 0 Å². The second kappa shape index (κ2) is 9.34. The van der Waals surface area contributed by atoms with Crippen LogP contribution in [-0.4, -0.2) is 28.4 Å². The predicted molar refractivity (Wildman–Crippen MR) is 114 cm³/mol. The van der Waals surface area contributed by atoms with Crippen LogP contribution in [0.5, 0.6) is 0 Å². The largest absolute Gasteiger partial charge is 0.330 e. The number of aromatic nitrogens is 2. The Morgan fingerprint density at radius 1 is 1.19 bits per heavy atom. The number of nitrogens with one attached hydrogen (secondary N) is 1. The fourth-order valence-corrected chi connectivity index (χ4v) is 4.02. The van der Waals surface area contributed by atoms with Crippen LogP contribution in [0.1, 0.15) is 5.56 Å². The molecule has 0 aliphatic carbocycles. The smallest absolute Gasteiger partial charge is 0.237 e. The lowest BCUT2D eigenvalue weighted by Gasteiger charge is -2.20. The number of amides is 1. The van der Waals surface area contributed by atoms with E-state index in [0.29, 0.717) is 17.4 Å². The van der Waals surface area contributed by atoms with Crippen LogP contribution in [0, 0.1) is 6.92 Å². The molecular formula is C20H20N4OS2. The maximum Gasteiger partial charge on any atom is 0.237 e. The van der Waals surface area contributed by atoms with Crippen LogP contribution >= 0.6 is 23.1 Å². The summed E-state index contributed by atoms with van der Waals surface area (Å²) in [5.74, 6) is 0.302. The maximum absolute atomic E-state index is 12.6. The normalized spacial score (nSPS) is 10.4. The molecule has 0 unspecified atom stereocenters. The number of thioether (sulfide) groups is 1. The minimum atomic E-state index is 0.00865. The molecule has 1 heterocycles. The first kappa shape index (κ1) is 19.1. The molecule has 7 heteroatoms. The first-order valence-corrected chi connectivity index (χ1v) is 10.2. The highest BCUT2D eigenvalue weighted by molar-refractivity contribution is 8.01. The predicted octanol–water partition coefficient (Wildman–Crippen LogP) is 4.90. The van der Waals surface area contributed by atoms with Gasteiger partial charge in [0.1, 0.15) is 0 Å². The third-order valence-electron chi connectivity index (χ3n) is 3.71. The Bertz CT molecular complexity index is 894. The SMILES string of the molecule is C=CCN(C(=O)CSc1nnc(Nc2ccc(C)cc2)s1)c1ccccc1. The van der Waals surface area contributed by atoms with Crippen LogP contribution in [-0.2, 0) is 4.79 Å². The molecule has 3 rings (SSSR count).